The van der Waals surface area contributed by atoms with Gasteiger partial charge in [0, 0.05) is 32.4 Å². The number of piperazine rings is 1. The number of nitrogens with one attached hydrogen (secondary N) is 2. The largest absolute Gasteiger partial charge is 0.478 e. The first kappa shape index (κ1) is 19.4. The van der Waals surface area contributed by atoms with Crippen molar-refractivity contribution in [2.75, 3.05) is 45.1 Å². The van der Waals surface area contributed by atoms with Crippen LogP contribution in [0, 0.1) is 0 Å². The highest BCUT2D eigenvalue weighted by molar-refractivity contribution is 6.34. The summed E-state index contributed by atoms with van der Waals surface area (Å²) in [6.07, 6.45) is 2.60. The van der Waals surface area contributed by atoms with Crippen LogP contribution in [0.4, 0.5) is 5.69 Å². The third-order valence-electron chi connectivity index (χ3n) is 4.84. The highest BCUT2D eigenvalue weighted by atomic mass is 35.5. The highest BCUT2D eigenvalue weighted by Crippen LogP contribution is 2.27. The number of anilines is 1. The van der Waals surface area contributed by atoms with Crippen LogP contribution in [0.5, 0.6) is 0 Å². The fourth-order valence-electron chi connectivity index (χ4n) is 3.17. The molecule has 1 aromatic carbocycles. The second kappa shape index (κ2) is 7.82. The van der Waals surface area contributed by atoms with Crippen LogP contribution in [0.1, 0.15) is 10.4 Å². The normalized spacial score (nSPS) is 15.7. The summed E-state index contributed by atoms with van der Waals surface area (Å²) < 4.78 is 1.34. The second-order valence-corrected chi connectivity index (χ2v) is 7.42. The van der Waals surface area contributed by atoms with Gasteiger partial charge in [0.05, 0.1) is 40.0 Å². The van der Waals surface area contributed by atoms with E-state index in [0.29, 0.717) is 34.2 Å². The molecule has 0 bridgehead atoms. The summed E-state index contributed by atoms with van der Waals surface area (Å²) >= 11 is 6.33. The molecule has 1 saturated heterocycles. The SMILES string of the molecule is CN1CCN(CC(=O)Nc2cc3nc(-n4cc(C(=O)O)cn4)[nH]c3cc2Cl)CC1. The Morgan fingerprint density at radius 3 is 2.72 bits per heavy atom. The number of rotatable bonds is 5. The van der Waals surface area contributed by atoms with Crippen LogP contribution in [-0.4, -0.2) is 86.3 Å². The average molecular weight is 418 g/mol. The molecule has 3 N–H and O–H groups in total. The van der Waals surface area contributed by atoms with Gasteiger partial charge in [-0.3, -0.25) is 9.69 Å². The molecule has 0 spiro atoms. The number of carbonyl (C=O) groups is 2. The van der Waals surface area contributed by atoms with E-state index in [-0.39, 0.29) is 11.5 Å². The quantitative estimate of drug-likeness (QED) is 0.572. The van der Waals surface area contributed by atoms with E-state index in [2.05, 4.69) is 37.2 Å². The molecule has 1 aliphatic rings. The summed E-state index contributed by atoms with van der Waals surface area (Å²) in [6, 6.07) is 3.35. The minimum absolute atomic E-state index is 0.0559. The van der Waals surface area contributed by atoms with E-state index in [4.69, 9.17) is 16.7 Å². The molecule has 2 aromatic heterocycles. The van der Waals surface area contributed by atoms with Crippen molar-refractivity contribution < 1.29 is 14.7 Å². The maximum absolute atomic E-state index is 12.4. The topological polar surface area (TPSA) is 119 Å². The predicted molar refractivity (Wildman–Crippen MR) is 108 cm³/mol. The number of fused-ring (bicyclic) bond motifs is 1. The van der Waals surface area contributed by atoms with Crippen molar-refractivity contribution in [3.05, 3.63) is 35.1 Å². The molecule has 29 heavy (non-hydrogen) atoms. The fraction of sp³-hybridized carbons (Fsp3) is 0.333. The summed E-state index contributed by atoms with van der Waals surface area (Å²) in [5.41, 5.74) is 1.75. The Hall–Kier alpha value is -2.95. The number of carboxylic acid groups (broad SMARTS) is 1. The van der Waals surface area contributed by atoms with Crippen LogP contribution in [-0.2, 0) is 4.79 Å². The number of amides is 1. The van der Waals surface area contributed by atoms with E-state index in [0.717, 1.165) is 26.2 Å². The number of carboxylic acids is 1. The van der Waals surface area contributed by atoms with E-state index >= 15 is 0 Å². The van der Waals surface area contributed by atoms with Gasteiger partial charge in [-0.1, -0.05) is 11.6 Å². The lowest BCUT2D eigenvalue weighted by atomic mass is 10.2. The Labute approximate surface area is 171 Å². The molecule has 0 radical (unpaired) electrons. The van der Waals surface area contributed by atoms with Crippen molar-refractivity contribution >= 4 is 40.2 Å². The van der Waals surface area contributed by atoms with Crippen molar-refractivity contribution in [1.29, 1.82) is 0 Å². The van der Waals surface area contributed by atoms with Gasteiger partial charge >= 0.3 is 5.97 Å². The van der Waals surface area contributed by atoms with E-state index < -0.39 is 5.97 Å². The van der Waals surface area contributed by atoms with Gasteiger partial charge in [0.25, 0.3) is 0 Å². The average Bonchev–Trinajstić information content (AvgIpc) is 3.31. The molecule has 0 saturated carbocycles. The standard InChI is InChI=1S/C18H20ClN7O3/c1-24-2-4-25(5-3-24)10-16(27)21-13-7-15-14(6-12(13)19)22-18(23-15)26-9-11(8-20-26)17(28)29/h6-9H,2-5,10H2,1H3,(H,21,27)(H,22,23)(H,28,29). The van der Waals surface area contributed by atoms with Crippen LogP contribution in [0.3, 0.4) is 0 Å². The molecule has 0 unspecified atom stereocenters. The number of aromatic carboxylic acids is 1. The first-order valence-corrected chi connectivity index (χ1v) is 9.45. The summed E-state index contributed by atoms with van der Waals surface area (Å²) in [6.45, 7) is 3.88. The Kier molecular flexibility index (Phi) is 5.22. The Morgan fingerprint density at radius 2 is 2.03 bits per heavy atom. The van der Waals surface area contributed by atoms with E-state index in [9.17, 15) is 9.59 Å². The number of aromatic amines is 1. The molecule has 11 heteroatoms. The number of hydrogen-bond donors (Lipinski definition) is 3. The van der Waals surface area contributed by atoms with E-state index in [1.807, 2.05) is 0 Å². The highest BCUT2D eigenvalue weighted by Gasteiger charge is 2.18. The predicted octanol–water partition coefficient (Wildman–Crippen LogP) is 1.29. The smallest absolute Gasteiger partial charge is 0.338 e. The number of halogens is 1. The van der Waals surface area contributed by atoms with Gasteiger partial charge in [-0.2, -0.15) is 5.10 Å². The molecular weight excluding hydrogens is 398 g/mol. The summed E-state index contributed by atoms with van der Waals surface area (Å²) in [5.74, 6) is -0.852. The zero-order valence-corrected chi connectivity index (χ0v) is 16.5. The Morgan fingerprint density at radius 1 is 1.28 bits per heavy atom. The minimum atomic E-state index is -1.07. The van der Waals surface area contributed by atoms with Crippen LogP contribution >= 0.6 is 11.6 Å². The van der Waals surface area contributed by atoms with Crippen molar-refractivity contribution in [1.82, 2.24) is 29.5 Å². The zero-order valence-electron chi connectivity index (χ0n) is 15.7. The third-order valence-corrected chi connectivity index (χ3v) is 5.15. The van der Waals surface area contributed by atoms with Crippen molar-refractivity contribution in [3.63, 3.8) is 0 Å². The number of aromatic nitrogens is 4. The zero-order chi connectivity index (χ0) is 20.5. The number of hydrogen-bond acceptors (Lipinski definition) is 6. The van der Waals surface area contributed by atoms with Crippen LogP contribution < -0.4 is 5.32 Å². The molecule has 4 rings (SSSR count). The number of benzene rings is 1. The van der Waals surface area contributed by atoms with Gasteiger partial charge in [0.15, 0.2) is 0 Å². The van der Waals surface area contributed by atoms with E-state index in [1.165, 1.54) is 17.1 Å². The van der Waals surface area contributed by atoms with Gasteiger partial charge < -0.3 is 20.3 Å². The van der Waals surface area contributed by atoms with E-state index in [1.54, 1.807) is 12.1 Å². The Balaban J connectivity index is 1.50. The summed E-state index contributed by atoms with van der Waals surface area (Å²) in [5, 5.41) is 16.3. The lowest BCUT2D eigenvalue weighted by Crippen LogP contribution is -2.47. The Bertz CT molecular complexity index is 1070. The van der Waals surface area contributed by atoms with Crippen LogP contribution in [0.25, 0.3) is 17.0 Å². The van der Waals surface area contributed by atoms with Crippen molar-refractivity contribution in [2.45, 2.75) is 0 Å². The number of imidazole rings is 1. The number of nitrogens with zero attached hydrogens (tertiary/aromatic N) is 5. The molecule has 152 valence electrons. The van der Waals surface area contributed by atoms with Gasteiger partial charge in [0.2, 0.25) is 11.9 Å². The summed E-state index contributed by atoms with van der Waals surface area (Å²) in [7, 11) is 2.07. The second-order valence-electron chi connectivity index (χ2n) is 7.02. The van der Waals surface area contributed by atoms with Crippen LogP contribution in [0.15, 0.2) is 24.5 Å². The van der Waals surface area contributed by atoms with Gasteiger partial charge in [-0.25, -0.2) is 14.5 Å². The third kappa shape index (κ3) is 4.24. The maximum atomic E-state index is 12.4. The molecule has 10 nitrogen and oxygen atoms in total. The fourth-order valence-corrected chi connectivity index (χ4v) is 3.38. The molecule has 3 heterocycles. The molecule has 1 aliphatic heterocycles. The molecule has 1 fully saturated rings. The van der Waals surface area contributed by atoms with Crippen molar-refractivity contribution in [2.24, 2.45) is 0 Å². The lowest BCUT2D eigenvalue weighted by molar-refractivity contribution is -0.117. The first-order valence-electron chi connectivity index (χ1n) is 9.07. The van der Waals surface area contributed by atoms with Crippen molar-refractivity contribution in [3.8, 4) is 5.95 Å². The van der Waals surface area contributed by atoms with Gasteiger partial charge in [0.1, 0.15) is 0 Å². The molecule has 3 aromatic rings. The maximum Gasteiger partial charge on any atom is 0.338 e. The first-order chi connectivity index (χ1) is 13.9. The molecule has 1 amide bonds. The minimum Gasteiger partial charge on any atom is -0.478 e. The van der Waals surface area contributed by atoms with Crippen LogP contribution in [0.2, 0.25) is 5.02 Å². The molecule has 0 aliphatic carbocycles. The molecule has 0 atom stereocenters. The number of H-pyrrole nitrogens is 1. The molecular formula is C18H20ClN7O3. The van der Waals surface area contributed by atoms with Gasteiger partial charge in [-0.15, -0.1) is 0 Å². The number of likely N-dealkylation sites (N-methyl/N-ethyl adjacent to an activating group) is 1. The lowest BCUT2D eigenvalue weighted by Gasteiger charge is -2.31. The van der Waals surface area contributed by atoms with Gasteiger partial charge in [-0.05, 0) is 19.2 Å². The number of carbonyl (C=O) groups excluding carboxylic acids is 1. The summed E-state index contributed by atoms with van der Waals surface area (Å²) in [4.78, 5) is 35.2. The monoisotopic (exact) mass is 417 g/mol.